The van der Waals surface area contributed by atoms with E-state index in [1.165, 1.54) is 24.3 Å². The fourth-order valence-corrected chi connectivity index (χ4v) is 4.59. The van der Waals surface area contributed by atoms with E-state index >= 15 is 0 Å². The van der Waals surface area contributed by atoms with Gasteiger partial charge >= 0.3 is 0 Å². The standard InChI is InChI=1S/C21H22N2O5S/c1-2-12-22-29(25,26)17-7-5-6-15(13-17)20(24)23-16-8-9-18-19(14-16)28-21(27-18)10-3-4-11-21/h2,5-9,13-14,22H,1,3-4,10-12H2,(H,23,24). The smallest absolute Gasteiger partial charge is 0.255 e. The molecule has 29 heavy (non-hydrogen) atoms. The molecule has 0 atom stereocenters. The van der Waals surface area contributed by atoms with Crippen LogP contribution in [0.3, 0.4) is 0 Å². The molecule has 2 aromatic rings. The number of hydrogen-bond donors (Lipinski definition) is 2. The first-order valence-electron chi connectivity index (χ1n) is 9.45. The highest BCUT2D eigenvalue weighted by molar-refractivity contribution is 7.89. The van der Waals surface area contributed by atoms with Crippen molar-refractivity contribution in [3.63, 3.8) is 0 Å². The van der Waals surface area contributed by atoms with E-state index in [0.29, 0.717) is 17.2 Å². The molecule has 4 rings (SSSR count). The highest BCUT2D eigenvalue weighted by atomic mass is 32.2. The van der Waals surface area contributed by atoms with Gasteiger partial charge in [0, 0.05) is 36.7 Å². The van der Waals surface area contributed by atoms with Gasteiger partial charge in [-0.2, -0.15) is 0 Å². The Balaban J connectivity index is 1.50. The van der Waals surface area contributed by atoms with Crippen LogP contribution in [0.15, 0.2) is 60.0 Å². The molecule has 0 bridgehead atoms. The van der Waals surface area contributed by atoms with Crippen molar-refractivity contribution in [3.05, 3.63) is 60.7 Å². The molecule has 0 saturated heterocycles. The molecular formula is C21H22N2O5S. The van der Waals surface area contributed by atoms with Gasteiger partial charge in [-0.15, -0.1) is 6.58 Å². The van der Waals surface area contributed by atoms with Crippen molar-refractivity contribution in [1.82, 2.24) is 4.72 Å². The average Bonchev–Trinajstić information content (AvgIpc) is 3.32. The van der Waals surface area contributed by atoms with Gasteiger partial charge in [0.1, 0.15) is 0 Å². The van der Waals surface area contributed by atoms with Crippen LogP contribution in [-0.4, -0.2) is 26.7 Å². The first kappa shape index (κ1) is 19.5. The highest BCUT2D eigenvalue weighted by Gasteiger charge is 2.44. The molecule has 0 radical (unpaired) electrons. The molecule has 1 aliphatic carbocycles. The SMILES string of the molecule is C=CCNS(=O)(=O)c1cccc(C(=O)Nc2ccc3c(c2)OC2(CCCC2)O3)c1. The second kappa shape index (κ2) is 7.53. The number of ether oxygens (including phenoxy) is 2. The second-order valence-corrected chi connectivity index (χ2v) is 8.87. The van der Waals surface area contributed by atoms with Gasteiger partial charge in [-0.05, 0) is 43.2 Å². The van der Waals surface area contributed by atoms with Crippen molar-refractivity contribution in [2.45, 2.75) is 36.4 Å². The lowest BCUT2D eigenvalue weighted by Crippen LogP contribution is -2.34. The molecule has 8 heteroatoms. The summed E-state index contributed by atoms with van der Waals surface area (Å²) in [6.45, 7) is 3.60. The van der Waals surface area contributed by atoms with E-state index in [1.54, 1.807) is 24.3 Å². The summed E-state index contributed by atoms with van der Waals surface area (Å²) in [5.41, 5.74) is 0.779. The third-order valence-corrected chi connectivity index (χ3v) is 6.40. The molecule has 2 N–H and O–H groups in total. The second-order valence-electron chi connectivity index (χ2n) is 7.11. The van der Waals surface area contributed by atoms with E-state index < -0.39 is 21.7 Å². The quantitative estimate of drug-likeness (QED) is 0.706. The summed E-state index contributed by atoms with van der Waals surface area (Å²) >= 11 is 0. The van der Waals surface area contributed by atoms with Crippen LogP contribution in [0.1, 0.15) is 36.0 Å². The molecule has 1 aliphatic heterocycles. The van der Waals surface area contributed by atoms with Gasteiger partial charge in [0.25, 0.3) is 11.7 Å². The number of benzene rings is 2. The summed E-state index contributed by atoms with van der Waals surface area (Å²) < 4.78 is 38.9. The van der Waals surface area contributed by atoms with Crippen molar-refractivity contribution in [3.8, 4) is 11.5 Å². The number of nitrogens with one attached hydrogen (secondary N) is 2. The monoisotopic (exact) mass is 414 g/mol. The van der Waals surface area contributed by atoms with Crippen LogP contribution in [0, 0.1) is 0 Å². The van der Waals surface area contributed by atoms with Gasteiger partial charge in [0.05, 0.1) is 4.90 Å². The summed E-state index contributed by atoms with van der Waals surface area (Å²) in [7, 11) is -3.71. The van der Waals surface area contributed by atoms with Crippen LogP contribution in [0.25, 0.3) is 0 Å². The Morgan fingerprint density at radius 3 is 2.62 bits per heavy atom. The Labute approximate surface area is 169 Å². The normalized spacial score (nSPS) is 16.7. The van der Waals surface area contributed by atoms with Crippen LogP contribution in [0.2, 0.25) is 0 Å². The van der Waals surface area contributed by atoms with Crippen molar-refractivity contribution < 1.29 is 22.7 Å². The molecule has 1 amide bonds. The fourth-order valence-electron chi connectivity index (χ4n) is 3.55. The van der Waals surface area contributed by atoms with Crippen molar-refractivity contribution in [1.29, 1.82) is 0 Å². The maximum absolute atomic E-state index is 12.6. The van der Waals surface area contributed by atoms with Gasteiger partial charge in [-0.3, -0.25) is 4.79 Å². The minimum atomic E-state index is -3.71. The molecule has 2 aromatic carbocycles. The fraction of sp³-hybridized carbons (Fsp3) is 0.286. The number of rotatable bonds is 6. The van der Waals surface area contributed by atoms with Crippen LogP contribution < -0.4 is 19.5 Å². The number of carbonyl (C=O) groups excluding carboxylic acids is 1. The number of carbonyl (C=O) groups is 1. The molecule has 0 unspecified atom stereocenters. The summed E-state index contributed by atoms with van der Waals surface area (Å²) in [6, 6.07) is 11.1. The van der Waals surface area contributed by atoms with Crippen molar-refractivity contribution in [2.24, 2.45) is 0 Å². The van der Waals surface area contributed by atoms with E-state index in [9.17, 15) is 13.2 Å². The zero-order valence-electron chi connectivity index (χ0n) is 15.8. The lowest BCUT2D eigenvalue weighted by molar-refractivity contribution is -0.0716. The van der Waals surface area contributed by atoms with E-state index in [-0.39, 0.29) is 17.0 Å². The van der Waals surface area contributed by atoms with E-state index in [4.69, 9.17) is 9.47 Å². The Morgan fingerprint density at radius 1 is 1.10 bits per heavy atom. The van der Waals surface area contributed by atoms with E-state index in [1.807, 2.05) is 0 Å². The van der Waals surface area contributed by atoms with Gasteiger partial charge < -0.3 is 14.8 Å². The Bertz CT molecular complexity index is 1060. The Kier molecular flexibility index (Phi) is 5.06. The number of hydrogen-bond acceptors (Lipinski definition) is 5. The average molecular weight is 414 g/mol. The van der Waals surface area contributed by atoms with Crippen molar-refractivity contribution in [2.75, 3.05) is 11.9 Å². The summed E-state index contributed by atoms with van der Waals surface area (Å²) in [5.74, 6) is 0.299. The maximum atomic E-state index is 12.6. The molecular weight excluding hydrogens is 392 g/mol. The van der Waals surface area contributed by atoms with Crippen molar-refractivity contribution >= 4 is 21.6 Å². The molecule has 1 heterocycles. The number of amides is 1. The number of anilines is 1. The highest BCUT2D eigenvalue weighted by Crippen LogP contribution is 2.47. The molecule has 152 valence electrons. The zero-order valence-corrected chi connectivity index (χ0v) is 16.6. The molecule has 1 spiro atoms. The molecule has 2 aliphatic rings. The third-order valence-electron chi connectivity index (χ3n) is 4.98. The first-order chi connectivity index (χ1) is 13.9. The molecule has 1 fully saturated rings. The molecule has 0 aromatic heterocycles. The van der Waals surface area contributed by atoms with Gasteiger partial charge in [-0.25, -0.2) is 13.1 Å². The Morgan fingerprint density at radius 2 is 1.86 bits per heavy atom. The Hall–Kier alpha value is -2.84. The first-order valence-corrected chi connectivity index (χ1v) is 10.9. The molecule has 7 nitrogen and oxygen atoms in total. The van der Waals surface area contributed by atoms with Gasteiger partial charge in [0.15, 0.2) is 11.5 Å². The van der Waals surface area contributed by atoms with Gasteiger partial charge in [0.2, 0.25) is 10.0 Å². The van der Waals surface area contributed by atoms with Crippen LogP contribution in [-0.2, 0) is 10.0 Å². The van der Waals surface area contributed by atoms with Gasteiger partial charge in [-0.1, -0.05) is 12.1 Å². The largest absolute Gasteiger partial charge is 0.448 e. The van der Waals surface area contributed by atoms with E-state index in [2.05, 4.69) is 16.6 Å². The minimum Gasteiger partial charge on any atom is -0.448 e. The lowest BCUT2D eigenvalue weighted by atomic mass is 10.2. The van der Waals surface area contributed by atoms with E-state index in [0.717, 1.165) is 25.7 Å². The lowest BCUT2D eigenvalue weighted by Gasteiger charge is -2.21. The topological polar surface area (TPSA) is 93.7 Å². The summed E-state index contributed by atoms with van der Waals surface area (Å²) in [4.78, 5) is 12.7. The number of fused-ring (bicyclic) bond motifs is 1. The predicted molar refractivity (Wildman–Crippen MR) is 109 cm³/mol. The molecule has 1 saturated carbocycles. The third kappa shape index (κ3) is 3.99. The summed E-state index contributed by atoms with van der Waals surface area (Å²) in [5, 5.41) is 2.78. The van der Waals surface area contributed by atoms with Crippen LogP contribution >= 0.6 is 0 Å². The zero-order chi connectivity index (χ0) is 20.5. The maximum Gasteiger partial charge on any atom is 0.255 e. The van der Waals surface area contributed by atoms with Crippen LogP contribution in [0.4, 0.5) is 5.69 Å². The minimum absolute atomic E-state index is 0.0147. The number of sulfonamides is 1. The van der Waals surface area contributed by atoms with Crippen LogP contribution in [0.5, 0.6) is 11.5 Å². The summed E-state index contributed by atoms with van der Waals surface area (Å²) in [6.07, 6.45) is 5.29. The predicted octanol–water partition coefficient (Wildman–Crippen LogP) is 3.44.